The number of nitrogens with zero attached hydrogens (tertiary/aromatic N) is 3. The van der Waals surface area contributed by atoms with E-state index in [9.17, 15) is 4.79 Å². The molecule has 1 atom stereocenters. The minimum Gasteiger partial charge on any atom is -0.484 e. The summed E-state index contributed by atoms with van der Waals surface area (Å²) in [4.78, 5) is 16.5. The molecule has 0 fully saturated rings. The van der Waals surface area contributed by atoms with Crippen LogP contribution < -0.4 is 10.1 Å². The third-order valence-corrected chi connectivity index (χ3v) is 4.32. The molecule has 0 unspecified atom stereocenters. The second-order valence-electron chi connectivity index (χ2n) is 5.37. The van der Waals surface area contributed by atoms with Crippen LogP contribution in [0.25, 0.3) is 0 Å². The highest BCUT2D eigenvalue weighted by atomic mass is 35.5. The molecule has 3 rings (SSSR count). The molecule has 0 saturated carbocycles. The monoisotopic (exact) mass is 354 g/mol. The Morgan fingerprint density at radius 2 is 2.26 bits per heavy atom. The van der Waals surface area contributed by atoms with E-state index in [2.05, 4.69) is 15.4 Å². The van der Waals surface area contributed by atoms with Gasteiger partial charge in [-0.25, -0.2) is 9.67 Å². The standard InChI is InChI=1S/C15H16Cl2N4O2/c1-9-18-15-13(3-2-6-21(15)20-9)19-14(22)8-23-10-4-5-11(16)12(17)7-10/h4-5,7,13H,2-3,6,8H2,1H3,(H,19,22)/t13-/m0/s1. The van der Waals surface area contributed by atoms with E-state index in [1.165, 1.54) is 0 Å². The molecule has 8 heteroatoms. The lowest BCUT2D eigenvalue weighted by molar-refractivity contribution is -0.124. The maximum atomic E-state index is 12.1. The van der Waals surface area contributed by atoms with Crippen LogP contribution in [-0.2, 0) is 11.3 Å². The second-order valence-corrected chi connectivity index (χ2v) is 6.18. The van der Waals surface area contributed by atoms with Crippen LogP contribution in [0.1, 0.15) is 30.5 Å². The van der Waals surface area contributed by atoms with E-state index in [1.54, 1.807) is 18.2 Å². The van der Waals surface area contributed by atoms with Gasteiger partial charge in [-0.3, -0.25) is 4.79 Å². The average Bonchev–Trinajstić information content (AvgIpc) is 2.90. The number of nitrogens with one attached hydrogen (secondary N) is 1. The van der Waals surface area contributed by atoms with E-state index in [0.717, 1.165) is 25.2 Å². The number of benzene rings is 1. The Labute approximate surface area is 143 Å². The lowest BCUT2D eigenvalue weighted by Crippen LogP contribution is -2.36. The van der Waals surface area contributed by atoms with Crippen LogP contribution in [0.5, 0.6) is 5.75 Å². The maximum Gasteiger partial charge on any atom is 0.258 e. The van der Waals surface area contributed by atoms with Crippen molar-refractivity contribution in [1.82, 2.24) is 20.1 Å². The number of aryl methyl sites for hydroxylation is 2. The predicted octanol–water partition coefficient (Wildman–Crippen LogP) is 2.92. The van der Waals surface area contributed by atoms with Crippen LogP contribution in [0.2, 0.25) is 10.0 Å². The number of carbonyl (C=O) groups is 1. The Bertz CT molecular complexity index is 732. The Morgan fingerprint density at radius 1 is 1.43 bits per heavy atom. The Morgan fingerprint density at radius 3 is 3.04 bits per heavy atom. The summed E-state index contributed by atoms with van der Waals surface area (Å²) < 4.78 is 7.29. The predicted molar refractivity (Wildman–Crippen MR) is 86.8 cm³/mol. The topological polar surface area (TPSA) is 69.0 Å². The summed E-state index contributed by atoms with van der Waals surface area (Å²) >= 11 is 11.8. The molecule has 0 radical (unpaired) electrons. The fourth-order valence-corrected chi connectivity index (χ4v) is 2.84. The highest BCUT2D eigenvalue weighted by Crippen LogP contribution is 2.26. The van der Waals surface area contributed by atoms with Crippen molar-refractivity contribution in [2.75, 3.05) is 6.61 Å². The molecule has 0 bridgehead atoms. The summed E-state index contributed by atoms with van der Waals surface area (Å²) in [6, 6.07) is 4.75. The fourth-order valence-electron chi connectivity index (χ4n) is 2.56. The van der Waals surface area contributed by atoms with Gasteiger partial charge in [-0.1, -0.05) is 23.2 Å². The van der Waals surface area contributed by atoms with Gasteiger partial charge in [0.15, 0.2) is 6.61 Å². The molecule has 23 heavy (non-hydrogen) atoms. The molecule has 2 aromatic rings. The van der Waals surface area contributed by atoms with Crippen LogP contribution in [0.3, 0.4) is 0 Å². The fraction of sp³-hybridized carbons (Fsp3) is 0.400. The lowest BCUT2D eigenvalue weighted by Gasteiger charge is -2.23. The summed E-state index contributed by atoms with van der Waals surface area (Å²) in [6.45, 7) is 2.58. The third kappa shape index (κ3) is 3.76. The SMILES string of the molecule is Cc1nc2n(n1)CCC[C@@H]2NC(=O)COc1ccc(Cl)c(Cl)c1. The zero-order chi connectivity index (χ0) is 16.4. The highest BCUT2D eigenvalue weighted by molar-refractivity contribution is 6.42. The zero-order valence-electron chi connectivity index (χ0n) is 12.6. The van der Waals surface area contributed by atoms with Crippen molar-refractivity contribution < 1.29 is 9.53 Å². The summed E-state index contributed by atoms with van der Waals surface area (Å²) in [5.41, 5.74) is 0. The van der Waals surface area contributed by atoms with E-state index in [1.807, 2.05) is 11.6 Å². The van der Waals surface area contributed by atoms with Crippen LogP contribution in [0.4, 0.5) is 0 Å². The largest absolute Gasteiger partial charge is 0.484 e. The summed E-state index contributed by atoms with van der Waals surface area (Å²) in [7, 11) is 0. The van der Waals surface area contributed by atoms with E-state index < -0.39 is 0 Å². The number of carbonyl (C=O) groups excluding carboxylic acids is 1. The number of rotatable bonds is 4. The van der Waals surface area contributed by atoms with Crippen LogP contribution in [0.15, 0.2) is 18.2 Å². The number of ether oxygens (including phenoxy) is 1. The molecule has 6 nitrogen and oxygen atoms in total. The zero-order valence-corrected chi connectivity index (χ0v) is 14.1. The van der Waals surface area contributed by atoms with Crippen LogP contribution in [-0.4, -0.2) is 27.3 Å². The van der Waals surface area contributed by atoms with Gasteiger partial charge in [-0.2, -0.15) is 5.10 Å². The summed E-state index contributed by atoms with van der Waals surface area (Å²) in [6.07, 6.45) is 1.80. The Kier molecular flexibility index (Phi) is 4.73. The van der Waals surface area contributed by atoms with Gasteiger partial charge in [0.05, 0.1) is 16.1 Å². The van der Waals surface area contributed by atoms with Gasteiger partial charge in [0.1, 0.15) is 17.4 Å². The molecule has 1 amide bonds. The van der Waals surface area contributed by atoms with Gasteiger partial charge in [-0.05, 0) is 31.9 Å². The van der Waals surface area contributed by atoms with Crippen molar-refractivity contribution in [1.29, 1.82) is 0 Å². The normalized spacial score (nSPS) is 16.7. The number of halogens is 2. The molecule has 1 aromatic carbocycles. The lowest BCUT2D eigenvalue weighted by atomic mass is 10.1. The second kappa shape index (κ2) is 6.76. The first-order valence-electron chi connectivity index (χ1n) is 7.31. The van der Waals surface area contributed by atoms with Gasteiger partial charge in [0, 0.05) is 12.6 Å². The number of amides is 1. The van der Waals surface area contributed by atoms with Crippen molar-refractivity contribution in [3.63, 3.8) is 0 Å². The number of hydrogen-bond acceptors (Lipinski definition) is 4. The van der Waals surface area contributed by atoms with Gasteiger partial charge >= 0.3 is 0 Å². The molecular weight excluding hydrogens is 339 g/mol. The van der Waals surface area contributed by atoms with Crippen molar-refractivity contribution in [2.24, 2.45) is 0 Å². The molecule has 1 aliphatic rings. The summed E-state index contributed by atoms with van der Waals surface area (Å²) in [5, 5.41) is 8.09. The molecule has 1 aliphatic heterocycles. The van der Waals surface area contributed by atoms with Crippen molar-refractivity contribution >= 4 is 29.1 Å². The molecular formula is C15H16Cl2N4O2. The van der Waals surface area contributed by atoms with E-state index >= 15 is 0 Å². The Balaban J connectivity index is 1.58. The number of fused-ring (bicyclic) bond motifs is 1. The molecule has 0 spiro atoms. The maximum absolute atomic E-state index is 12.1. The van der Waals surface area contributed by atoms with Crippen LogP contribution >= 0.6 is 23.2 Å². The minimum absolute atomic E-state index is 0.0957. The minimum atomic E-state index is -0.213. The first kappa shape index (κ1) is 16.1. The number of hydrogen-bond donors (Lipinski definition) is 1. The summed E-state index contributed by atoms with van der Waals surface area (Å²) in [5.74, 6) is 1.80. The highest BCUT2D eigenvalue weighted by Gasteiger charge is 2.25. The van der Waals surface area contributed by atoms with Crippen molar-refractivity contribution in [3.8, 4) is 5.75 Å². The van der Waals surface area contributed by atoms with Gasteiger partial charge < -0.3 is 10.1 Å². The van der Waals surface area contributed by atoms with E-state index in [-0.39, 0.29) is 18.6 Å². The molecule has 1 aromatic heterocycles. The first-order chi connectivity index (χ1) is 11.0. The molecule has 2 heterocycles. The molecule has 0 saturated heterocycles. The Hall–Kier alpha value is -1.79. The van der Waals surface area contributed by atoms with Crippen molar-refractivity contribution in [3.05, 3.63) is 39.9 Å². The van der Waals surface area contributed by atoms with Gasteiger partial charge in [0.2, 0.25) is 0 Å². The van der Waals surface area contributed by atoms with Crippen LogP contribution in [0, 0.1) is 6.92 Å². The molecule has 0 aliphatic carbocycles. The van der Waals surface area contributed by atoms with Crippen molar-refractivity contribution in [2.45, 2.75) is 32.4 Å². The molecule has 1 N–H and O–H groups in total. The first-order valence-corrected chi connectivity index (χ1v) is 8.07. The quantitative estimate of drug-likeness (QED) is 0.916. The average molecular weight is 355 g/mol. The van der Waals surface area contributed by atoms with Gasteiger partial charge in [-0.15, -0.1) is 0 Å². The van der Waals surface area contributed by atoms with E-state index in [4.69, 9.17) is 27.9 Å². The van der Waals surface area contributed by atoms with Gasteiger partial charge in [0.25, 0.3) is 5.91 Å². The third-order valence-electron chi connectivity index (χ3n) is 3.58. The smallest absolute Gasteiger partial charge is 0.258 e. The molecule has 122 valence electrons. The van der Waals surface area contributed by atoms with E-state index in [0.29, 0.717) is 21.6 Å². The number of aromatic nitrogens is 3.